The highest BCUT2D eigenvalue weighted by Gasteiger charge is 2.42. The third kappa shape index (κ3) is 4.10. The molecule has 2 aliphatic rings. The lowest BCUT2D eigenvalue weighted by molar-refractivity contribution is -0.133. The molecule has 1 aromatic carbocycles. The maximum atomic E-state index is 12.8. The highest BCUT2D eigenvalue weighted by atomic mass is 16.5. The minimum atomic E-state index is -0.388. The molecule has 0 spiro atoms. The number of benzene rings is 1. The summed E-state index contributed by atoms with van der Waals surface area (Å²) in [6.07, 6.45) is 1.93. The first kappa shape index (κ1) is 19.4. The zero-order valence-electron chi connectivity index (χ0n) is 16.5. The fraction of sp³-hybridized carbons (Fsp3) is 0.409. The van der Waals surface area contributed by atoms with Crippen LogP contribution in [0.25, 0.3) is 0 Å². The lowest BCUT2D eigenvalue weighted by Crippen LogP contribution is -2.45. The van der Waals surface area contributed by atoms with Crippen LogP contribution in [0.5, 0.6) is 0 Å². The van der Waals surface area contributed by atoms with Crippen molar-refractivity contribution in [3.05, 3.63) is 59.8 Å². The van der Waals surface area contributed by atoms with Crippen LogP contribution < -0.4 is 4.90 Å². The molecule has 7 heteroatoms. The smallest absolute Gasteiger partial charge is 0.341 e. The summed E-state index contributed by atoms with van der Waals surface area (Å²) < 4.78 is 11.2. The van der Waals surface area contributed by atoms with Gasteiger partial charge in [-0.15, -0.1) is 0 Å². The molecular formula is C22H25N3O4. The lowest BCUT2D eigenvalue weighted by atomic mass is 10.1. The van der Waals surface area contributed by atoms with Gasteiger partial charge < -0.3 is 19.3 Å². The Morgan fingerprint density at radius 3 is 2.83 bits per heavy atom. The van der Waals surface area contributed by atoms with Gasteiger partial charge in [0.1, 0.15) is 11.4 Å². The summed E-state index contributed by atoms with van der Waals surface area (Å²) in [6, 6.07) is 13.3. The number of carbonyl (C=O) groups excluding carboxylic acids is 2. The summed E-state index contributed by atoms with van der Waals surface area (Å²) in [6.45, 7) is 4.18. The molecule has 4 rings (SSSR count). The zero-order chi connectivity index (χ0) is 20.2. The fourth-order valence-corrected chi connectivity index (χ4v) is 4.02. The van der Waals surface area contributed by atoms with Crippen LogP contribution in [-0.4, -0.2) is 60.2 Å². The number of carbonyl (C=O) groups is 2. The van der Waals surface area contributed by atoms with E-state index in [1.807, 2.05) is 40.1 Å². The van der Waals surface area contributed by atoms with E-state index in [-0.39, 0.29) is 24.0 Å². The number of pyridine rings is 1. The van der Waals surface area contributed by atoms with Gasteiger partial charge in [-0.1, -0.05) is 30.3 Å². The molecule has 0 unspecified atom stereocenters. The molecule has 2 fully saturated rings. The van der Waals surface area contributed by atoms with Gasteiger partial charge in [-0.3, -0.25) is 4.79 Å². The molecule has 3 heterocycles. The van der Waals surface area contributed by atoms with E-state index in [0.717, 1.165) is 5.56 Å². The molecule has 1 aromatic heterocycles. The molecule has 0 saturated carbocycles. The van der Waals surface area contributed by atoms with Gasteiger partial charge in [-0.2, -0.15) is 0 Å². The highest BCUT2D eigenvalue weighted by Crippen LogP contribution is 2.29. The Morgan fingerprint density at radius 2 is 2.03 bits per heavy atom. The average Bonchev–Trinajstić information content (AvgIpc) is 3.10. The van der Waals surface area contributed by atoms with E-state index in [0.29, 0.717) is 50.7 Å². The van der Waals surface area contributed by atoms with Crippen molar-refractivity contribution in [3.63, 3.8) is 0 Å². The number of ether oxygens (including phenoxy) is 2. The third-order valence-corrected chi connectivity index (χ3v) is 5.38. The van der Waals surface area contributed by atoms with Gasteiger partial charge in [0, 0.05) is 25.8 Å². The van der Waals surface area contributed by atoms with Crippen LogP contribution in [0.4, 0.5) is 5.82 Å². The molecule has 2 saturated heterocycles. The largest absolute Gasteiger partial charge is 0.462 e. The SMILES string of the molecule is CCOC(=O)c1cccnc1N1C[C@@H]2OCCC(=O)N(Cc3ccccc3)[C@H]2C1. The Balaban J connectivity index is 1.59. The van der Waals surface area contributed by atoms with E-state index in [4.69, 9.17) is 9.47 Å². The molecule has 1 amide bonds. The summed E-state index contributed by atoms with van der Waals surface area (Å²) >= 11 is 0. The standard InChI is InChI=1S/C22H25N3O4/c1-2-28-22(27)17-9-6-11-23-21(17)24-14-18-19(15-24)29-12-10-20(26)25(18)13-16-7-4-3-5-8-16/h3-9,11,18-19H,2,10,12-15H2,1H3/t18-,19-/m0/s1. The number of hydrogen-bond donors (Lipinski definition) is 0. The molecular weight excluding hydrogens is 370 g/mol. The summed E-state index contributed by atoms with van der Waals surface area (Å²) in [5.41, 5.74) is 1.52. The molecule has 0 radical (unpaired) electrons. The minimum absolute atomic E-state index is 0.0924. The van der Waals surface area contributed by atoms with Crippen molar-refractivity contribution >= 4 is 17.7 Å². The first-order chi connectivity index (χ1) is 14.2. The topological polar surface area (TPSA) is 72.0 Å². The summed E-state index contributed by atoms with van der Waals surface area (Å²) in [7, 11) is 0. The Labute approximate surface area is 170 Å². The Hall–Kier alpha value is -2.93. The van der Waals surface area contributed by atoms with Crippen LogP contribution in [0.1, 0.15) is 29.3 Å². The second kappa shape index (κ2) is 8.61. The van der Waals surface area contributed by atoms with E-state index >= 15 is 0 Å². The van der Waals surface area contributed by atoms with Crippen molar-refractivity contribution in [3.8, 4) is 0 Å². The van der Waals surface area contributed by atoms with E-state index in [1.54, 1.807) is 25.3 Å². The van der Waals surface area contributed by atoms with Crippen LogP contribution in [-0.2, 0) is 20.8 Å². The number of hydrogen-bond acceptors (Lipinski definition) is 6. The van der Waals surface area contributed by atoms with Gasteiger partial charge in [-0.25, -0.2) is 9.78 Å². The number of amides is 1. The number of nitrogens with zero attached hydrogens (tertiary/aromatic N) is 3. The summed E-state index contributed by atoms with van der Waals surface area (Å²) in [5.74, 6) is 0.283. The van der Waals surface area contributed by atoms with Crippen molar-refractivity contribution in [2.24, 2.45) is 0 Å². The van der Waals surface area contributed by atoms with E-state index in [9.17, 15) is 9.59 Å². The Kier molecular flexibility index (Phi) is 5.76. The molecule has 2 atom stereocenters. The molecule has 29 heavy (non-hydrogen) atoms. The van der Waals surface area contributed by atoms with E-state index in [2.05, 4.69) is 4.98 Å². The normalized spacial score (nSPS) is 21.6. The van der Waals surface area contributed by atoms with E-state index < -0.39 is 0 Å². The Bertz CT molecular complexity index is 873. The van der Waals surface area contributed by atoms with E-state index in [1.165, 1.54) is 0 Å². The predicted molar refractivity (Wildman–Crippen MR) is 108 cm³/mol. The monoisotopic (exact) mass is 395 g/mol. The number of esters is 1. The molecule has 7 nitrogen and oxygen atoms in total. The molecule has 0 N–H and O–H groups in total. The van der Waals surface area contributed by atoms with Gasteiger partial charge in [0.2, 0.25) is 5.91 Å². The van der Waals surface area contributed by atoms with Crippen molar-refractivity contribution in [1.29, 1.82) is 0 Å². The van der Waals surface area contributed by atoms with Crippen LogP contribution in [0.2, 0.25) is 0 Å². The number of fused-ring (bicyclic) bond motifs is 1. The lowest BCUT2D eigenvalue weighted by Gasteiger charge is -2.29. The number of aromatic nitrogens is 1. The van der Waals surface area contributed by atoms with Crippen LogP contribution in [0.15, 0.2) is 48.7 Å². The minimum Gasteiger partial charge on any atom is -0.462 e. The van der Waals surface area contributed by atoms with Crippen molar-refractivity contribution < 1.29 is 19.1 Å². The first-order valence-corrected chi connectivity index (χ1v) is 9.99. The van der Waals surface area contributed by atoms with Crippen LogP contribution in [0.3, 0.4) is 0 Å². The van der Waals surface area contributed by atoms with Gasteiger partial charge in [0.15, 0.2) is 0 Å². The van der Waals surface area contributed by atoms with Crippen molar-refractivity contribution in [2.75, 3.05) is 31.2 Å². The summed E-state index contributed by atoms with van der Waals surface area (Å²) in [4.78, 5) is 33.5. The molecule has 152 valence electrons. The maximum absolute atomic E-state index is 12.8. The fourth-order valence-electron chi connectivity index (χ4n) is 4.02. The van der Waals surface area contributed by atoms with Gasteiger partial charge in [0.25, 0.3) is 0 Å². The number of anilines is 1. The molecule has 0 bridgehead atoms. The maximum Gasteiger partial charge on any atom is 0.341 e. The second-order valence-electron chi connectivity index (χ2n) is 7.23. The van der Waals surface area contributed by atoms with Crippen LogP contribution >= 0.6 is 0 Å². The molecule has 2 aliphatic heterocycles. The van der Waals surface area contributed by atoms with Gasteiger partial charge in [0.05, 0.1) is 31.8 Å². The second-order valence-corrected chi connectivity index (χ2v) is 7.23. The Morgan fingerprint density at radius 1 is 1.21 bits per heavy atom. The predicted octanol–water partition coefficient (Wildman–Crippen LogP) is 2.26. The quantitative estimate of drug-likeness (QED) is 0.724. The first-order valence-electron chi connectivity index (χ1n) is 9.99. The van der Waals surface area contributed by atoms with Gasteiger partial charge in [-0.05, 0) is 24.6 Å². The van der Waals surface area contributed by atoms with Gasteiger partial charge >= 0.3 is 5.97 Å². The molecule has 0 aliphatic carbocycles. The van der Waals surface area contributed by atoms with Crippen LogP contribution in [0, 0.1) is 0 Å². The average molecular weight is 395 g/mol. The zero-order valence-corrected chi connectivity index (χ0v) is 16.5. The van der Waals surface area contributed by atoms with Crippen molar-refractivity contribution in [1.82, 2.24) is 9.88 Å². The third-order valence-electron chi connectivity index (χ3n) is 5.38. The molecule has 2 aromatic rings. The summed E-state index contributed by atoms with van der Waals surface area (Å²) in [5, 5.41) is 0. The highest BCUT2D eigenvalue weighted by molar-refractivity contribution is 5.94. The number of rotatable bonds is 5. The van der Waals surface area contributed by atoms with Crippen molar-refractivity contribution in [2.45, 2.75) is 32.0 Å².